The molecule has 1 unspecified atom stereocenters. The molecule has 32 heavy (non-hydrogen) atoms. The van der Waals surface area contributed by atoms with E-state index in [1.54, 1.807) is 7.11 Å². The molecule has 2 saturated carbocycles. The lowest BCUT2D eigenvalue weighted by Gasteiger charge is -2.43. The molecule has 5 rings (SSSR count). The van der Waals surface area contributed by atoms with Crippen molar-refractivity contribution in [3.05, 3.63) is 34.9 Å². The van der Waals surface area contributed by atoms with Gasteiger partial charge in [-0.05, 0) is 79.4 Å². The molecular weight excluding hydrogens is 402 g/mol. The first-order chi connectivity index (χ1) is 15.5. The number of ether oxygens (including phenoxy) is 2. The van der Waals surface area contributed by atoms with E-state index >= 15 is 0 Å². The largest absolute Gasteiger partial charge is 0.381 e. The van der Waals surface area contributed by atoms with Gasteiger partial charge in [-0.3, -0.25) is 15.1 Å². The molecule has 0 bridgehead atoms. The van der Waals surface area contributed by atoms with Crippen molar-refractivity contribution in [2.75, 3.05) is 20.3 Å². The third-order valence-electron chi connectivity index (χ3n) is 8.46. The van der Waals surface area contributed by atoms with Crippen molar-refractivity contribution in [2.45, 2.75) is 82.3 Å². The lowest BCUT2D eigenvalue weighted by atomic mass is 9.65. The molecule has 4 aliphatic rings. The normalized spacial score (nSPS) is 31.2. The minimum Gasteiger partial charge on any atom is -0.381 e. The van der Waals surface area contributed by atoms with E-state index in [4.69, 9.17) is 20.6 Å². The Morgan fingerprint density at radius 1 is 1.25 bits per heavy atom. The Bertz CT molecular complexity index is 869. The van der Waals surface area contributed by atoms with Crippen molar-refractivity contribution in [1.29, 1.82) is 5.41 Å². The van der Waals surface area contributed by atoms with Crippen molar-refractivity contribution in [1.82, 2.24) is 4.90 Å². The van der Waals surface area contributed by atoms with Gasteiger partial charge in [-0.1, -0.05) is 31.0 Å². The average Bonchev–Trinajstić information content (AvgIpc) is 3.53. The van der Waals surface area contributed by atoms with Crippen LogP contribution in [0.15, 0.2) is 18.2 Å². The lowest BCUT2D eigenvalue weighted by Crippen LogP contribution is -2.52. The topological polar surface area (TPSA) is 88.6 Å². The number of nitrogens with two attached hydrogens (primary N) is 1. The number of nitrogens with zero attached hydrogens (tertiary/aromatic N) is 1. The molecule has 1 aliphatic heterocycles. The van der Waals surface area contributed by atoms with E-state index in [2.05, 4.69) is 18.2 Å². The number of aryl methyl sites for hydroxylation is 1. The second-order valence-electron chi connectivity index (χ2n) is 10.5. The fraction of sp³-hybridized carbons (Fsp3) is 0.692. The highest BCUT2D eigenvalue weighted by atomic mass is 16.5. The minimum absolute atomic E-state index is 0.00576. The van der Waals surface area contributed by atoms with Crippen LogP contribution in [-0.2, 0) is 27.1 Å². The lowest BCUT2D eigenvalue weighted by molar-refractivity contribution is -0.137. The van der Waals surface area contributed by atoms with Crippen molar-refractivity contribution in [2.24, 2.45) is 17.1 Å². The second kappa shape index (κ2) is 8.79. The number of methoxy groups -OCH3 is 1. The molecule has 1 aromatic rings. The number of nitrogens with one attached hydrogen (secondary N) is 1. The molecule has 1 heterocycles. The SMILES string of the molecule is COC1CCC2(CC1)Cc1ccc(CCC3CC3)cc1C2C(=O)N(C[C@@H]1CCO1)C(=N)N. The monoisotopic (exact) mass is 439 g/mol. The van der Waals surface area contributed by atoms with Gasteiger partial charge in [-0.25, -0.2) is 0 Å². The maximum Gasteiger partial charge on any atom is 0.237 e. The predicted octanol–water partition coefficient (Wildman–Crippen LogP) is 3.76. The summed E-state index contributed by atoms with van der Waals surface area (Å²) in [6, 6.07) is 6.84. The number of carbonyl (C=O) groups is 1. The Morgan fingerprint density at radius 2 is 2.00 bits per heavy atom. The number of benzene rings is 1. The maximum atomic E-state index is 14.1. The van der Waals surface area contributed by atoms with Crippen LogP contribution in [0.25, 0.3) is 0 Å². The van der Waals surface area contributed by atoms with Gasteiger partial charge in [0.1, 0.15) is 0 Å². The summed E-state index contributed by atoms with van der Waals surface area (Å²) in [5, 5.41) is 8.16. The van der Waals surface area contributed by atoms with E-state index < -0.39 is 0 Å². The summed E-state index contributed by atoms with van der Waals surface area (Å²) in [6.07, 6.45) is 11.1. The highest BCUT2D eigenvalue weighted by Crippen LogP contribution is 2.56. The molecular formula is C26H37N3O3. The molecule has 1 aromatic carbocycles. The van der Waals surface area contributed by atoms with Gasteiger partial charge < -0.3 is 15.2 Å². The Labute approximate surface area is 191 Å². The van der Waals surface area contributed by atoms with Gasteiger partial charge in [0.15, 0.2) is 5.96 Å². The fourth-order valence-corrected chi connectivity index (χ4v) is 6.18. The molecule has 3 fully saturated rings. The number of guanidine groups is 1. The van der Waals surface area contributed by atoms with Gasteiger partial charge in [-0.15, -0.1) is 0 Å². The fourth-order valence-electron chi connectivity index (χ4n) is 6.18. The first-order valence-electron chi connectivity index (χ1n) is 12.4. The third kappa shape index (κ3) is 4.19. The Morgan fingerprint density at radius 3 is 2.59 bits per heavy atom. The third-order valence-corrected chi connectivity index (χ3v) is 8.46. The average molecular weight is 440 g/mol. The van der Waals surface area contributed by atoms with Crippen LogP contribution in [-0.4, -0.2) is 49.2 Å². The summed E-state index contributed by atoms with van der Waals surface area (Å²) in [7, 11) is 1.79. The van der Waals surface area contributed by atoms with Crippen LogP contribution < -0.4 is 5.73 Å². The zero-order valence-corrected chi connectivity index (χ0v) is 19.3. The zero-order valence-electron chi connectivity index (χ0n) is 19.3. The molecule has 2 atom stereocenters. The maximum absolute atomic E-state index is 14.1. The molecule has 6 heteroatoms. The number of hydrogen-bond donors (Lipinski definition) is 2. The smallest absolute Gasteiger partial charge is 0.237 e. The van der Waals surface area contributed by atoms with Crippen LogP contribution in [0.3, 0.4) is 0 Å². The number of fused-ring (bicyclic) bond motifs is 1. The minimum atomic E-state index is -0.236. The van der Waals surface area contributed by atoms with Gasteiger partial charge >= 0.3 is 0 Å². The number of rotatable bonds is 7. The van der Waals surface area contributed by atoms with E-state index in [1.165, 1.54) is 40.9 Å². The quantitative estimate of drug-likeness (QED) is 0.500. The van der Waals surface area contributed by atoms with Crippen LogP contribution in [0.5, 0.6) is 0 Å². The molecule has 6 nitrogen and oxygen atoms in total. The van der Waals surface area contributed by atoms with Crippen molar-refractivity contribution < 1.29 is 14.3 Å². The summed E-state index contributed by atoms with van der Waals surface area (Å²) in [4.78, 5) is 15.5. The van der Waals surface area contributed by atoms with E-state index in [1.807, 2.05) is 0 Å². The Balaban J connectivity index is 1.45. The van der Waals surface area contributed by atoms with Gasteiger partial charge in [-0.2, -0.15) is 0 Å². The Kier molecular flexibility index (Phi) is 6.01. The first kappa shape index (κ1) is 21.9. The highest BCUT2D eigenvalue weighted by molar-refractivity contribution is 5.99. The van der Waals surface area contributed by atoms with Crippen molar-refractivity contribution in [3.63, 3.8) is 0 Å². The van der Waals surface area contributed by atoms with Crippen LogP contribution in [0.2, 0.25) is 0 Å². The molecule has 174 valence electrons. The predicted molar refractivity (Wildman–Crippen MR) is 124 cm³/mol. The summed E-state index contributed by atoms with van der Waals surface area (Å²) in [6.45, 7) is 1.11. The number of carbonyl (C=O) groups excluding carboxylic acids is 1. The van der Waals surface area contributed by atoms with E-state index in [9.17, 15) is 4.79 Å². The number of amides is 1. The van der Waals surface area contributed by atoms with Crippen molar-refractivity contribution in [3.8, 4) is 0 Å². The summed E-state index contributed by atoms with van der Waals surface area (Å²) >= 11 is 0. The summed E-state index contributed by atoms with van der Waals surface area (Å²) in [5.74, 6) is 0.485. The van der Waals surface area contributed by atoms with Crippen LogP contribution in [0.4, 0.5) is 0 Å². The molecule has 1 spiro atoms. The standard InChI is InChI=1S/C26H37N3O3/c1-31-20-8-11-26(12-9-20)15-19-7-6-18(5-4-17-2-3-17)14-22(19)23(26)24(30)29(25(27)28)16-21-10-13-32-21/h6-7,14,17,20-21,23H,2-5,8-13,15-16H2,1H3,(H3,27,28)/t20?,21-,23?,26?/m0/s1. The molecule has 3 aliphatic carbocycles. The Hall–Kier alpha value is -1.92. The van der Waals surface area contributed by atoms with Crippen LogP contribution >= 0.6 is 0 Å². The molecule has 1 amide bonds. The molecule has 0 radical (unpaired) electrons. The van der Waals surface area contributed by atoms with Gasteiger partial charge in [0, 0.05) is 13.7 Å². The second-order valence-corrected chi connectivity index (χ2v) is 10.5. The summed E-state index contributed by atoms with van der Waals surface area (Å²) in [5.41, 5.74) is 9.67. The van der Waals surface area contributed by atoms with Gasteiger partial charge in [0.2, 0.25) is 5.91 Å². The van der Waals surface area contributed by atoms with E-state index in [0.29, 0.717) is 6.54 Å². The van der Waals surface area contributed by atoms with Crippen LogP contribution in [0, 0.1) is 16.7 Å². The van der Waals surface area contributed by atoms with Crippen molar-refractivity contribution >= 4 is 11.9 Å². The van der Waals surface area contributed by atoms with E-state index in [-0.39, 0.29) is 35.4 Å². The molecule has 0 aromatic heterocycles. The highest BCUT2D eigenvalue weighted by Gasteiger charge is 2.52. The number of hydrogen-bond acceptors (Lipinski definition) is 4. The first-order valence-corrected chi connectivity index (χ1v) is 12.4. The van der Waals surface area contributed by atoms with E-state index in [0.717, 1.165) is 57.5 Å². The molecule has 3 N–H and O–H groups in total. The summed E-state index contributed by atoms with van der Waals surface area (Å²) < 4.78 is 11.2. The van der Waals surface area contributed by atoms with Gasteiger partial charge in [0.05, 0.1) is 24.7 Å². The molecule has 1 saturated heterocycles. The zero-order chi connectivity index (χ0) is 22.3. The van der Waals surface area contributed by atoms with Crippen LogP contribution in [0.1, 0.15) is 74.0 Å². The van der Waals surface area contributed by atoms with Gasteiger partial charge in [0.25, 0.3) is 0 Å².